The molecule has 1 heterocycles. The molecule has 1 aromatic rings. The van der Waals surface area contributed by atoms with Gasteiger partial charge >= 0.3 is 6.18 Å². The van der Waals surface area contributed by atoms with E-state index in [0.29, 0.717) is 6.42 Å². The summed E-state index contributed by atoms with van der Waals surface area (Å²) in [4.78, 5) is 1.63. The van der Waals surface area contributed by atoms with Crippen LogP contribution in [0.4, 0.5) is 13.2 Å². The van der Waals surface area contributed by atoms with Gasteiger partial charge in [-0.1, -0.05) is 28.1 Å². The maximum atomic E-state index is 12.8. The van der Waals surface area contributed by atoms with E-state index >= 15 is 0 Å². The van der Waals surface area contributed by atoms with Gasteiger partial charge < -0.3 is 17.0 Å². The second-order valence-electron chi connectivity index (χ2n) is 5.47. The van der Waals surface area contributed by atoms with E-state index in [1.807, 2.05) is 24.3 Å². The van der Waals surface area contributed by atoms with Gasteiger partial charge in [0.2, 0.25) is 0 Å². The van der Waals surface area contributed by atoms with Crippen molar-refractivity contribution < 1.29 is 18.3 Å². The van der Waals surface area contributed by atoms with E-state index in [0.717, 1.165) is 10.0 Å². The smallest absolute Gasteiger partial charge is 0.379 e. The number of halogens is 4. The van der Waals surface area contributed by atoms with Gasteiger partial charge in [-0.25, -0.2) is 0 Å². The lowest BCUT2D eigenvalue weighted by Crippen LogP contribution is -2.50. The molecule has 0 saturated carbocycles. The van der Waals surface area contributed by atoms with Crippen molar-refractivity contribution in [3.05, 3.63) is 34.3 Å². The molecule has 0 radical (unpaired) electrons. The zero-order valence-corrected chi connectivity index (χ0v) is 13.7. The number of nitrogens with two attached hydrogens (primary N) is 1. The van der Waals surface area contributed by atoms with Gasteiger partial charge in [0.15, 0.2) is 5.60 Å². The molecule has 6 N–H and O–H groups in total. The fourth-order valence-corrected chi connectivity index (χ4v) is 2.88. The number of hydrogen-bond donors (Lipinski definition) is 3. The van der Waals surface area contributed by atoms with Crippen molar-refractivity contribution in [1.29, 1.82) is 0 Å². The molecule has 0 bridgehead atoms. The van der Waals surface area contributed by atoms with Crippen molar-refractivity contribution in [2.75, 3.05) is 19.6 Å². The van der Waals surface area contributed by atoms with Crippen molar-refractivity contribution in [3.8, 4) is 0 Å². The number of aliphatic hydroxyl groups is 1. The van der Waals surface area contributed by atoms with Gasteiger partial charge in [0.05, 0.1) is 0 Å². The second-order valence-corrected chi connectivity index (χ2v) is 6.39. The van der Waals surface area contributed by atoms with E-state index in [2.05, 4.69) is 15.9 Å². The topological polar surface area (TPSA) is 84.5 Å². The average molecular weight is 384 g/mol. The average Bonchev–Trinajstić information content (AvgIpc) is 2.81. The Morgan fingerprint density at radius 3 is 2.36 bits per heavy atom. The lowest BCUT2D eigenvalue weighted by atomic mass is 10.0. The largest absolute Gasteiger partial charge is 0.418 e. The molecule has 8 heteroatoms. The van der Waals surface area contributed by atoms with Crippen molar-refractivity contribution in [2.24, 2.45) is 5.73 Å². The predicted octanol–water partition coefficient (Wildman–Crippen LogP) is 2.48. The molecular weight excluding hydrogens is 363 g/mol. The molecule has 0 amide bonds. The van der Waals surface area contributed by atoms with Crippen molar-refractivity contribution in [1.82, 2.24) is 11.1 Å². The number of likely N-dealkylation sites (tertiary alicyclic amines) is 1. The molecule has 1 saturated heterocycles. The first-order valence-electron chi connectivity index (χ1n) is 6.73. The molecule has 2 rings (SSSR count). The summed E-state index contributed by atoms with van der Waals surface area (Å²) in [5, 5.41) is 9.73. The number of nitrogens with zero attached hydrogens (tertiary/aromatic N) is 1. The summed E-state index contributed by atoms with van der Waals surface area (Å²) in [6.07, 6.45) is -4.33. The molecule has 1 aliphatic heterocycles. The third-order valence-electron chi connectivity index (χ3n) is 3.98. The number of hydrogen-bond acceptors (Lipinski definition) is 4. The molecule has 1 fully saturated rings. The summed E-state index contributed by atoms with van der Waals surface area (Å²) >= 11 is 3.34. The van der Waals surface area contributed by atoms with E-state index < -0.39 is 18.3 Å². The van der Waals surface area contributed by atoms with Crippen LogP contribution in [-0.4, -0.2) is 47.5 Å². The van der Waals surface area contributed by atoms with Gasteiger partial charge in [-0.2, -0.15) is 13.2 Å². The number of rotatable bonds is 4. The van der Waals surface area contributed by atoms with E-state index in [4.69, 9.17) is 5.73 Å². The molecule has 0 spiro atoms. The minimum atomic E-state index is -4.60. The van der Waals surface area contributed by atoms with E-state index in [1.165, 1.54) is 0 Å². The summed E-state index contributed by atoms with van der Waals surface area (Å²) in [7, 11) is 0. The first-order chi connectivity index (χ1) is 9.75. The molecule has 0 aromatic heterocycles. The Kier molecular flexibility index (Phi) is 6.40. The van der Waals surface area contributed by atoms with Crippen molar-refractivity contribution in [3.63, 3.8) is 0 Å². The highest BCUT2D eigenvalue weighted by Gasteiger charge is 2.57. The van der Waals surface area contributed by atoms with Gasteiger partial charge in [-0.05, 0) is 30.5 Å². The van der Waals surface area contributed by atoms with Crippen LogP contribution < -0.4 is 11.9 Å². The van der Waals surface area contributed by atoms with Crippen LogP contribution in [0.3, 0.4) is 0 Å². The van der Waals surface area contributed by atoms with Crippen LogP contribution in [0.1, 0.15) is 12.0 Å². The third-order valence-corrected chi connectivity index (χ3v) is 4.51. The van der Waals surface area contributed by atoms with E-state index in [-0.39, 0.29) is 31.7 Å². The molecule has 2 atom stereocenters. The fraction of sp³-hybridized carbons (Fsp3) is 0.571. The van der Waals surface area contributed by atoms with Gasteiger partial charge in [0.25, 0.3) is 0 Å². The van der Waals surface area contributed by atoms with Crippen LogP contribution in [0.2, 0.25) is 0 Å². The van der Waals surface area contributed by atoms with E-state index in [1.54, 1.807) is 4.90 Å². The number of β-amino-alcohol motifs (C(OH)–C–C–N with tert-alkyl or cyclic N) is 1. The number of alkyl halides is 3. The summed E-state index contributed by atoms with van der Waals surface area (Å²) in [6, 6.07) is 7.40. The van der Waals surface area contributed by atoms with Crippen molar-refractivity contribution in [2.45, 2.75) is 30.7 Å². The van der Waals surface area contributed by atoms with Gasteiger partial charge in [-0.3, -0.25) is 4.90 Å². The molecule has 22 heavy (non-hydrogen) atoms. The molecule has 126 valence electrons. The minimum Gasteiger partial charge on any atom is -0.379 e. The summed E-state index contributed by atoms with van der Waals surface area (Å²) in [5.74, 6) is 0. The predicted molar refractivity (Wildman–Crippen MR) is 82.9 cm³/mol. The normalized spacial score (nSPS) is 24.1. The molecule has 1 aliphatic rings. The standard InChI is InChI=1S/C14H18BrF3N2O.H3N/c15-11-3-1-10(2-4-11)7-12(8-19)20-6-5-13(21,9-20)14(16,17)18;/h1-4,12,21H,5-9,19H2;1H3. The SMILES string of the molecule is N.NCC(Cc1ccc(Br)cc1)N1CCC(O)(C(F)(F)F)C1. The maximum Gasteiger partial charge on any atom is 0.418 e. The summed E-state index contributed by atoms with van der Waals surface area (Å²) in [5.41, 5.74) is 4.11. The van der Waals surface area contributed by atoms with Crippen LogP contribution in [-0.2, 0) is 6.42 Å². The van der Waals surface area contributed by atoms with Crippen LogP contribution in [0, 0.1) is 0 Å². The highest BCUT2D eigenvalue weighted by atomic mass is 79.9. The highest BCUT2D eigenvalue weighted by molar-refractivity contribution is 9.10. The first-order valence-corrected chi connectivity index (χ1v) is 7.52. The molecule has 2 unspecified atom stereocenters. The minimum absolute atomic E-state index is 0. The van der Waals surface area contributed by atoms with Crippen molar-refractivity contribution >= 4 is 15.9 Å². The molecule has 1 aromatic carbocycles. The Hall–Kier alpha value is -0.670. The second kappa shape index (κ2) is 7.27. The maximum absolute atomic E-state index is 12.8. The Morgan fingerprint density at radius 2 is 1.91 bits per heavy atom. The van der Waals surface area contributed by atoms with Gasteiger partial charge in [0.1, 0.15) is 0 Å². The quantitative estimate of drug-likeness (QED) is 0.745. The molecular formula is C14H21BrF3N3O. The summed E-state index contributed by atoms with van der Waals surface area (Å²) in [6.45, 7) is 0.0489. The zero-order chi connectivity index (χ0) is 15.7. The van der Waals surface area contributed by atoms with Gasteiger partial charge in [-0.15, -0.1) is 0 Å². The van der Waals surface area contributed by atoms with Crippen LogP contribution in [0.25, 0.3) is 0 Å². The Morgan fingerprint density at radius 1 is 1.32 bits per heavy atom. The van der Waals surface area contributed by atoms with Crippen LogP contribution in [0.5, 0.6) is 0 Å². The Balaban J connectivity index is 0.00000242. The van der Waals surface area contributed by atoms with E-state index in [9.17, 15) is 18.3 Å². The molecule has 0 aliphatic carbocycles. The lowest BCUT2D eigenvalue weighted by molar-refractivity contribution is -0.254. The lowest BCUT2D eigenvalue weighted by Gasteiger charge is -2.30. The zero-order valence-electron chi connectivity index (χ0n) is 12.1. The molecule has 4 nitrogen and oxygen atoms in total. The van der Waals surface area contributed by atoms with Crippen LogP contribution >= 0.6 is 15.9 Å². The summed E-state index contributed by atoms with van der Waals surface area (Å²) < 4.78 is 39.5. The Labute approximate surface area is 136 Å². The highest BCUT2D eigenvalue weighted by Crippen LogP contribution is 2.38. The van der Waals surface area contributed by atoms with Crippen LogP contribution in [0.15, 0.2) is 28.7 Å². The first kappa shape index (κ1) is 19.4. The van der Waals surface area contributed by atoms with Gasteiger partial charge in [0, 0.05) is 30.1 Å². The number of benzene rings is 1. The fourth-order valence-electron chi connectivity index (χ4n) is 2.62. The Bertz CT molecular complexity index is 483. The monoisotopic (exact) mass is 383 g/mol. The third kappa shape index (κ3) is 4.20.